The standard InChI is InChI=1S/C18H27NO3S/c1-13-5-3-4-6-17(13)19-18(21)14(2)23(22)12-16-9-7-15(11-20)8-10-16/h7-10,13-14,17,20H,3-6,11-12H2,1-2H3,(H,19,21). The van der Waals surface area contributed by atoms with E-state index in [0.717, 1.165) is 30.4 Å². The molecule has 1 fully saturated rings. The van der Waals surface area contributed by atoms with Crippen molar-refractivity contribution in [2.75, 3.05) is 0 Å². The minimum Gasteiger partial charge on any atom is -0.392 e. The van der Waals surface area contributed by atoms with Gasteiger partial charge in [0, 0.05) is 22.6 Å². The highest BCUT2D eigenvalue weighted by Gasteiger charge is 2.27. The average Bonchev–Trinajstić information content (AvgIpc) is 2.56. The molecule has 0 radical (unpaired) electrons. The van der Waals surface area contributed by atoms with Gasteiger partial charge in [0.15, 0.2) is 0 Å². The zero-order chi connectivity index (χ0) is 16.8. The minimum atomic E-state index is -1.24. The maximum atomic E-state index is 12.4. The molecule has 1 saturated carbocycles. The van der Waals surface area contributed by atoms with Crippen LogP contribution in [-0.2, 0) is 28.0 Å². The number of benzene rings is 1. The Morgan fingerprint density at radius 1 is 1.26 bits per heavy atom. The van der Waals surface area contributed by atoms with Gasteiger partial charge in [-0.1, -0.05) is 44.0 Å². The van der Waals surface area contributed by atoms with Crippen LogP contribution in [0.5, 0.6) is 0 Å². The van der Waals surface area contributed by atoms with Crippen molar-refractivity contribution in [2.24, 2.45) is 5.92 Å². The second-order valence-electron chi connectivity index (χ2n) is 6.52. The normalized spacial score (nSPS) is 24.0. The fourth-order valence-corrected chi connectivity index (χ4v) is 4.06. The van der Waals surface area contributed by atoms with E-state index >= 15 is 0 Å². The maximum Gasteiger partial charge on any atom is 0.235 e. The fraction of sp³-hybridized carbons (Fsp3) is 0.611. The van der Waals surface area contributed by atoms with Crippen LogP contribution in [0, 0.1) is 5.92 Å². The van der Waals surface area contributed by atoms with E-state index < -0.39 is 16.0 Å². The molecule has 0 spiro atoms. The number of aliphatic hydroxyl groups is 1. The topological polar surface area (TPSA) is 66.4 Å². The predicted molar refractivity (Wildman–Crippen MR) is 93.2 cm³/mol. The Morgan fingerprint density at radius 3 is 2.48 bits per heavy atom. The minimum absolute atomic E-state index is 0.00174. The molecular weight excluding hydrogens is 310 g/mol. The maximum absolute atomic E-state index is 12.4. The Kier molecular flexibility index (Phi) is 6.78. The smallest absolute Gasteiger partial charge is 0.235 e. The van der Waals surface area contributed by atoms with Crippen LogP contribution in [0.4, 0.5) is 0 Å². The van der Waals surface area contributed by atoms with Gasteiger partial charge in [0.25, 0.3) is 0 Å². The Hall–Kier alpha value is -1.20. The molecular formula is C18H27NO3S. The van der Waals surface area contributed by atoms with Gasteiger partial charge in [-0.3, -0.25) is 9.00 Å². The molecule has 0 bridgehead atoms. The molecule has 0 heterocycles. The number of hydrogen-bond donors (Lipinski definition) is 2. The van der Waals surface area contributed by atoms with Crippen LogP contribution in [0.1, 0.15) is 50.7 Å². The number of nitrogens with one attached hydrogen (secondary N) is 1. The molecule has 4 nitrogen and oxygen atoms in total. The van der Waals surface area contributed by atoms with Crippen LogP contribution < -0.4 is 5.32 Å². The third kappa shape index (κ3) is 5.15. The summed E-state index contributed by atoms with van der Waals surface area (Å²) >= 11 is 0. The van der Waals surface area contributed by atoms with Crippen molar-refractivity contribution in [2.45, 2.75) is 63.2 Å². The van der Waals surface area contributed by atoms with Gasteiger partial charge in [-0.15, -0.1) is 0 Å². The van der Waals surface area contributed by atoms with Gasteiger partial charge in [0.1, 0.15) is 5.25 Å². The van der Waals surface area contributed by atoms with Gasteiger partial charge >= 0.3 is 0 Å². The molecule has 2 rings (SSSR count). The van der Waals surface area contributed by atoms with Gasteiger partial charge in [0.05, 0.1) is 6.61 Å². The molecule has 5 heteroatoms. The third-order valence-electron chi connectivity index (χ3n) is 4.72. The van der Waals surface area contributed by atoms with E-state index in [2.05, 4.69) is 12.2 Å². The van der Waals surface area contributed by atoms with Crippen LogP contribution in [-0.4, -0.2) is 26.5 Å². The van der Waals surface area contributed by atoms with E-state index in [1.165, 1.54) is 6.42 Å². The first-order valence-corrected chi connectivity index (χ1v) is 9.75. The molecule has 0 aromatic heterocycles. The van der Waals surface area contributed by atoms with Gasteiger partial charge in [0.2, 0.25) is 5.91 Å². The molecule has 1 aliphatic carbocycles. The van der Waals surface area contributed by atoms with E-state index in [-0.39, 0.29) is 18.6 Å². The lowest BCUT2D eigenvalue weighted by atomic mass is 9.86. The highest BCUT2D eigenvalue weighted by molar-refractivity contribution is 7.85. The molecule has 2 N–H and O–H groups in total. The third-order valence-corrected chi connectivity index (χ3v) is 6.34. The Morgan fingerprint density at radius 2 is 1.87 bits per heavy atom. The Balaban J connectivity index is 1.88. The number of carbonyl (C=O) groups excluding carboxylic acids is 1. The van der Waals surface area contributed by atoms with Crippen molar-refractivity contribution < 1.29 is 14.1 Å². The second kappa shape index (κ2) is 8.60. The molecule has 4 atom stereocenters. The molecule has 1 aromatic rings. The van der Waals surface area contributed by atoms with E-state index in [0.29, 0.717) is 11.7 Å². The summed E-state index contributed by atoms with van der Waals surface area (Å²) in [5, 5.41) is 11.6. The second-order valence-corrected chi connectivity index (χ2v) is 8.28. The number of amides is 1. The molecule has 128 valence electrons. The quantitative estimate of drug-likeness (QED) is 0.838. The zero-order valence-corrected chi connectivity index (χ0v) is 14.8. The van der Waals surface area contributed by atoms with Crippen LogP contribution in [0.3, 0.4) is 0 Å². The molecule has 1 aromatic carbocycles. The van der Waals surface area contributed by atoms with Crippen LogP contribution >= 0.6 is 0 Å². The predicted octanol–water partition coefficient (Wildman–Crippen LogP) is 2.51. The van der Waals surface area contributed by atoms with E-state index in [1.807, 2.05) is 24.3 Å². The van der Waals surface area contributed by atoms with Gasteiger partial charge in [-0.2, -0.15) is 0 Å². The summed E-state index contributed by atoms with van der Waals surface area (Å²) in [4.78, 5) is 12.4. The van der Waals surface area contributed by atoms with Gasteiger partial charge in [-0.05, 0) is 36.8 Å². The zero-order valence-electron chi connectivity index (χ0n) is 14.0. The largest absolute Gasteiger partial charge is 0.392 e. The highest BCUT2D eigenvalue weighted by Crippen LogP contribution is 2.24. The molecule has 1 amide bonds. The average molecular weight is 337 g/mol. The number of hydrogen-bond acceptors (Lipinski definition) is 3. The lowest BCUT2D eigenvalue weighted by molar-refractivity contribution is -0.121. The summed E-state index contributed by atoms with van der Waals surface area (Å²) in [6, 6.07) is 7.58. The van der Waals surface area contributed by atoms with Crippen molar-refractivity contribution in [3.8, 4) is 0 Å². The van der Waals surface area contributed by atoms with Crippen molar-refractivity contribution in [1.29, 1.82) is 0 Å². The first-order chi connectivity index (χ1) is 11.0. The Bertz CT molecular complexity index is 544. The highest BCUT2D eigenvalue weighted by atomic mass is 32.2. The van der Waals surface area contributed by atoms with E-state index in [1.54, 1.807) is 6.92 Å². The Labute approximate surface area is 141 Å². The molecule has 0 aliphatic heterocycles. The molecule has 23 heavy (non-hydrogen) atoms. The molecule has 0 saturated heterocycles. The summed E-state index contributed by atoms with van der Waals surface area (Å²) in [6.45, 7) is 3.91. The van der Waals surface area contributed by atoms with E-state index in [4.69, 9.17) is 5.11 Å². The van der Waals surface area contributed by atoms with Gasteiger partial charge in [-0.25, -0.2) is 0 Å². The molecule has 4 unspecified atom stereocenters. The monoisotopic (exact) mass is 337 g/mol. The first-order valence-electron chi connectivity index (χ1n) is 8.37. The number of rotatable bonds is 6. The number of aliphatic hydroxyl groups excluding tert-OH is 1. The summed E-state index contributed by atoms with van der Waals surface area (Å²) < 4.78 is 12.4. The summed E-state index contributed by atoms with van der Waals surface area (Å²) in [5.74, 6) is 0.758. The molecule has 1 aliphatic rings. The SMILES string of the molecule is CC1CCCCC1NC(=O)C(C)S(=O)Cc1ccc(CO)cc1. The summed E-state index contributed by atoms with van der Waals surface area (Å²) in [7, 11) is -1.24. The van der Waals surface area contributed by atoms with Crippen molar-refractivity contribution >= 4 is 16.7 Å². The van der Waals surface area contributed by atoms with Crippen LogP contribution in [0.2, 0.25) is 0 Å². The van der Waals surface area contributed by atoms with E-state index in [9.17, 15) is 9.00 Å². The van der Waals surface area contributed by atoms with Crippen LogP contribution in [0.15, 0.2) is 24.3 Å². The first kappa shape index (κ1) is 18.1. The fourth-order valence-electron chi connectivity index (χ4n) is 2.98. The number of carbonyl (C=O) groups is 1. The lowest BCUT2D eigenvalue weighted by Gasteiger charge is -2.30. The van der Waals surface area contributed by atoms with Crippen molar-refractivity contribution in [3.63, 3.8) is 0 Å². The van der Waals surface area contributed by atoms with Crippen molar-refractivity contribution in [3.05, 3.63) is 35.4 Å². The summed E-state index contributed by atoms with van der Waals surface area (Å²) in [6.07, 6.45) is 4.57. The van der Waals surface area contributed by atoms with Crippen LogP contribution in [0.25, 0.3) is 0 Å². The lowest BCUT2D eigenvalue weighted by Crippen LogP contribution is -2.46. The summed E-state index contributed by atoms with van der Waals surface area (Å²) in [5.41, 5.74) is 1.75. The van der Waals surface area contributed by atoms with Gasteiger partial charge < -0.3 is 10.4 Å². The van der Waals surface area contributed by atoms with Crippen molar-refractivity contribution in [1.82, 2.24) is 5.32 Å².